The van der Waals surface area contributed by atoms with E-state index in [1.165, 1.54) is 19.1 Å². The van der Waals surface area contributed by atoms with Crippen molar-refractivity contribution in [2.24, 2.45) is 5.73 Å². The van der Waals surface area contributed by atoms with Crippen molar-refractivity contribution >= 4 is 10.0 Å². The van der Waals surface area contributed by atoms with Gasteiger partial charge in [-0.3, -0.25) is 0 Å². The van der Waals surface area contributed by atoms with Gasteiger partial charge < -0.3 is 10.5 Å². The minimum absolute atomic E-state index is 0.0428. The third kappa shape index (κ3) is 3.01. The molecular weight excluding hydrogens is 283 g/mol. The Morgan fingerprint density at radius 3 is 2.65 bits per heavy atom. The number of benzene rings is 1. The van der Waals surface area contributed by atoms with Crippen LogP contribution in [0.1, 0.15) is 24.0 Å². The topological polar surface area (TPSA) is 81.4 Å². The molecule has 0 aromatic heterocycles. The Balaban J connectivity index is 2.23. The lowest BCUT2D eigenvalue weighted by Crippen LogP contribution is -2.47. The second kappa shape index (κ2) is 5.77. The summed E-state index contributed by atoms with van der Waals surface area (Å²) in [7, 11) is -2.14. The third-order valence-electron chi connectivity index (χ3n) is 3.63. The molecule has 3 N–H and O–H groups in total. The van der Waals surface area contributed by atoms with Gasteiger partial charge in [-0.05, 0) is 37.5 Å². The first kappa shape index (κ1) is 15.4. The van der Waals surface area contributed by atoms with Crippen LogP contribution in [0, 0.1) is 12.7 Å². The Kier molecular flexibility index (Phi) is 4.43. The van der Waals surface area contributed by atoms with Crippen LogP contribution in [-0.2, 0) is 21.3 Å². The molecule has 0 amide bonds. The Hall–Kier alpha value is -1.02. The van der Waals surface area contributed by atoms with Gasteiger partial charge in [-0.15, -0.1) is 0 Å². The van der Waals surface area contributed by atoms with E-state index in [4.69, 9.17) is 10.5 Å². The second-order valence-electron chi connectivity index (χ2n) is 5.05. The number of methoxy groups -OCH3 is 1. The maximum Gasteiger partial charge on any atom is 0.241 e. The molecule has 0 atom stereocenters. The number of nitrogens with two attached hydrogens (primary N) is 1. The lowest BCUT2D eigenvalue weighted by atomic mass is 9.90. The average Bonchev–Trinajstić information content (AvgIpc) is 2.36. The van der Waals surface area contributed by atoms with Crippen LogP contribution in [-0.4, -0.2) is 27.7 Å². The fourth-order valence-electron chi connectivity index (χ4n) is 2.24. The van der Waals surface area contributed by atoms with E-state index in [0.717, 1.165) is 0 Å². The molecule has 0 heterocycles. The largest absolute Gasteiger partial charge is 0.381 e. The van der Waals surface area contributed by atoms with Gasteiger partial charge in [0.25, 0.3) is 0 Å². The molecule has 112 valence electrons. The highest BCUT2D eigenvalue weighted by molar-refractivity contribution is 7.89. The van der Waals surface area contributed by atoms with E-state index in [1.807, 2.05) is 0 Å². The van der Waals surface area contributed by atoms with Crippen molar-refractivity contribution < 1.29 is 17.5 Å². The standard InChI is InChI=1S/C13H19FN2O3S/c1-8-12(14)3-9(7-15)4-13(8)20(17,18)16-10-5-11(6-10)19-2/h3-4,10-11,16H,5-7,15H2,1-2H3. The van der Waals surface area contributed by atoms with E-state index in [1.54, 1.807) is 7.11 Å². The summed E-state index contributed by atoms with van der Waals surface area (Å²) in [6.45, 7) is 1.54. The van der Waals surface area contributed by atoms with Crippen LogP contribution in [0.3, 0.4) is 0 Å². The van der Waals surface area contributed by atoms with E-state index in [2.05, 4.69) is 4.72 Å². The zero-order chi connectivity index (χ0) is 14.9. The molecule has 2 rings (SSSR count). The van der Waals surface area contributed by atoms with E-state index in [-0.39, 0.29) is 29.1 Å². The molecule has 0 saturated heterocycles. The van der Waals surface area contributed by atoms with Crippen molar-refractivity contribution in [1.82, 2.24) is 4.72 Å². The molecule has 0 unspecified atom stereocenters. The Bertz CT molecular complexity index is 598. The van der Waals surface area contributed by atoms with Crippen molar-refractivity contribution in [3.05, 3.63) is 29.1 Å². The van der Waals surface area contributed by atoms with Crippen molar-refractivity contribution in [3.8, 4) is 0 Å². The van der Waals surface area contributed by atoms with Gasteiger partial charge in [0.2, 0.25) is 10.0 Å². The predicted octanol–water partition coefficient (Wildman–Crippen LogP) is 1.05. The first-order chi connectivity index (χ1) is 9.37. The summed E-state index contributed by atoms with van der Waals surface area (Å²) in [5.41, 5.74) is 6.02. The van der Waals surface area contributed by atoms with E-state index in [0.29, 0.717) is 18.4 Å². The molecule has 1 aliphatic rings. The molecule has 0 spiro atoms. The van der Waals surface area contributed by atoms with Crippen LogP contribution in [0.25, 0.3) is 0 Å². The summed E-state index contributed by atoms with van der Waals surface area (Å²) in [5.74, 6) is -0.559. The fraction of sp³-hybridized carbons (Fsp3) is 0.538. The van der Waals surface area contributed by atoms with Crippen LogP contribution < -0.4 is 10.5 Å². The van der Waals surface area contributed by atoms with Gasteiger partial charge in [-0.25, -0.2) is 17.5 Å². The van der Waals surface area contributed by atoms with E-state index < -0.39 is 15.8 Å². The summed E-state index contributed by atoms with van der Waals surface area (Å²) in [6.07, 6.45) is 1.36. The lowest BCUT2D eigenvalue weighted by Gasteiger charge is -2.34. The highest BCUT2D eigenvalue weighted by atomic mass is 32.2. The molecule has 20 heavy (non-hydrogen) atoms. The van der Waals surface area contributed by atoms with Crippen LogP contribution in [0.2, 0.25) is 0 Å². The molecular formula is C13H19FN2O3S. The molecule has 1 aliphatic carbocycles. The molecule has 1 aromatic rings. The van der Waals surface area contributed by atoms with Crippen molar-refractivity contribution in [1.29, 1.82) is 0 Å². The number of hydrogen-bond donors (Lipinski definition) is 2. The molecule has 7 heteroatoms. The Labute approximate surface area is 118 Å². The van der Waals surface area contributed by atoms with Gasteiger partial charge in [0, 0.05) is 25.3 Å². The van der Waals surface area contributed by atoms with Gasteiger partial charge >= 0.3 is 0 Å². The average molecular weight is 302 g/mol. The highest BCUT2D eigenvalue weighted by Gasteiger charge is 2.33. The fourth-order valence-corrected chi connectivity index (χ4v) is 3.81. The van der Waals surface area contributed by atoms with Crippen LogP contribution >= 0.6 is 0 Å². The maximum absolute atomic E-state index is 13.7. The summed E-state index contributed by atoms with van der Waals surface area (Å²) in [4.78, 5) is -0.0428. The minimum Gasteiger partial charge on any atom is -0.381 e. The van der Waals surface area contributed by atoms with E-state index in [9.17, 15) is 12.8 Å². The van der Waals surface area contributed by atoms with Crippen molar-refractivity contribution in [3.63, 3.8) is 0 Å². The Morgan fingerprint density at radius 2 is 2.10 bits per heavy atom. The smallest absolute Gasteiger partial charge is 0.241 e. The summed E-state index contributed by atoms with van der Waals surface area (Å²) in [5, 5.41) is 0. The first-order valence-corrected chi connectivity index (χ1v) is 7.90. The molecule has 0 aliphatic heterocycles. The quantitative estimate of drug-likeness (QED) is 0.852. The zero-order valence-electron chi connectivity index (χ0n) is 11.5. The number of rotatable bonds is 5. The van der Waals surface area contributed by atoms with Gasteiger partial charge in [0.05, 0.1) is 11.0 Å². The monoisotopic (exact) mass is 302 g/mol. The zero-order valence-corrected chi connectivity index (χ0v) is 12.3. The van der Waals surface area contributed by atoms with Gasteiger partial charge in [0.15, 0.2) is 0 Å². The second-order valence-corrected chi connectivity index (χ2v) is 6.73. The first-order valence-electron chi connectivity index (χ1n) is 6.41. The van der Waals surface area contributed by atoms with Crippen molar-refractivity contribution in [2.45, 2.75) is 43.4 Å². The minimum atomic E-state index is -3.74. The Morgan fingerprint density at radius 1 is 1.45 bits per heavy atom. The number of halogens is 1. The third-order valence-corrected chi connectivity index (χ3v) is 5.28. The molecule has 1 fully saturated rings. The number of ether oxygens (including phenoxy) is 1. The normalized spacial score (nSPS) is 22.6. The molecule has 0 bridgehead atoms. The van der Waals surface area contributed by atoms with Gasteiger partial charge in [-0.2, -0.15) is 0 Å². The predicted molar refractivity (Wildman–Crippen MR) is 73.2 cm³/mol. The van der Waals surface area contributed by atoms with Crippen molar-refractivity contribution in [2.75, 3.05) is 7.11 Å². The molecule has 1 saturated carbocycles. The maximum atomic E-state index is 13.7. The summed E-state index contributed by atoms with van der Waals surface area (Å²) >= 11 is 0. The van der Waals surface area contributed by atoms with Crippen LogP contribution in [0.15, 0.2) is 17.0 Å². The lowest BCUT2D eigenvalue weighted by molar-refractivity contribution is 0.0236. The molecule has 5 nitrogen and oxygen atoms in total. The number of sulfonamides is 1. The van der Waals surface area contributed by atoms with Gasteiger partial charge in [0.1, 0.15) is 5.82 Å². The SMILES string of the molecule is COC1CC(NS(=O)(=O)c2cc(CN)cc(F)c2C)C1. The summed E-state index contributed by atoms with van der Waals surface area (Å²) < 4.78 is 46.0. The van der Waals surface area contributed by atoms with Crippen LogP contribution in [0.5, 0.6) is 0 Å². The number of hydrogen-bond acceptors (Lipinski definition) is 4. The summed E-state index contributed by atoms with van der Waals surface area (Å²) in [6, 6.07) is 2.53. The number of nitrogens with one attached hydrogen (secondary N) is 1. The van der Waals surface area contributed by atoms with Crippen LogP contribution in [0.4, 0.5) is 4.39 Å². The molecule has 0 radical (unpaired) electrons. The van der Waals surface area contributed by atoms with E-state index >= 15 is 0 Å². The highest BCUT2D eigenvalue weighted by Crippen LogP contribution is 2.26. The van der Waals surface area contributed by atoms with Gasteiger partial charge in [-0.1, -0.05) is 0 Å². The molecule has 1 aromatic carbocycles.